The summed E-state index contributed by atoms with van der Waals surface area (Å²) in [5.41, 5.74) is 0. The van der Waals surface area contributed by atoms with Gasteiger partial charge in [0.15, 0.2) is 0 Å². The SMILES string of the molecule is CC(CCO)OCC(COC(C)CCO)C(C)OC(=O)CCC(=O)ON1C(=O)CCC1=O. The van der Waals surface area contributed by atoms with E-state index in [0.29, 0.717) is 17.9 Å². The van der Waals surface area contributed by atoms with E-state index < -0.39 is 29.9 Å². The third kappa shape index (κ3) is 10.5. The molecule has 11 heteroatoms. The number of hydrogen-bond donors (Lipinski definition) is 2. The van der Waals surface area contributed by atoms with Crippen molar-refractivity contribution in [3.63, 3.8) is 0 Å². The highest BCUT2D eigenvalue weighted by Gasteiger charge is 2.33. The number of hydroxylamine groups is 2. The van der Waals surface area contributed by atoms with Crippen LogP contribution in [0.15, 0.2) is 0 Å². The standard InChI is InChI=1S/C21H35NO10/c1-14(8-10-23)29-12-17(13-30-15(2)9-11-24)16(3)31-20(27)6-7-21(28)32-22-18(25)4-5-19(22)26/h14-17,23-24H,4-13H2,1-3H3. The van der Waals surface area contributed by atoms with E-state index >= 15 is 0 Å². The van der Waals surface area contributed by atoms with E-state index in [9.17, 15) is 19.2 Å². The molecular weight excluding hydrogens is 426 g/mol. The van der Waals surface area contributed by atoms with Gasteiger partial charge in [-0.25, -0.2) is 4.79 Å². The van der Waals surface area contributed by atoms with Gasteiger partial charge in [-0.3, -0.25) is 14.4 Å². The minimum atomic E-state index is -0.878. The molecule has 184 valence electrons. The summed E-state index contributed by atoms with van der Waals surface area (Å²) in [5, 5.41) is 18.5. The summed E-state index contributed by atoms with van der Waals surface area (Å²) in [5.74, 6) is -3.02. The van der Waals surface area contributed by atoms with Crippen molar-refractivity contribution < 1.29 is 48.4 Å². The van der Waals surface area contributed by atoms with E-state index in [1.807, 2.05) is 13.8 Å². The smallest absolute Gasteiger partial charge is 0.333 e. The Balaban J connectivity index is 2.51. The molecule has 1 heterocycles. The van der Waals surface area contributed by atoms with Gasteiger partial charge in [0.05, 0.1) is 38.3 Å². The molecule has 1 fully saturated rings. The largest absolute Gasteiger partial charge is 0.462 e. The number of hydrogen-bond acceptors (Lipinski definition) is 10. The lowest BCUT2D eigenvalue weighted by atomic mass is 10.1. The molecule has 11 nitrogen and oxygen atoms in total. The first kappa shape index (κ1) is 28.0. The molecule has 1 saturated heterocycles. The lowest BCUT2D eigenvalue weighted by Gasteiger charge is -2.26. The van der Waals surface area contributed by atoms with Crippen LogP contribution in [0.5, 0.6) is 0 Å². The van der Waals surface area contributed by atoms with Crippen LogP contribution in [0, 0.1) is 5.92 Å². The van der Waals surface area contributed by atoms with Gasteiger partial charge in [0.2, 0.25) is 0 Å². The number of ether oxygens (including phenoxy) is 3. The van der Waals surface area contributed by atoms with Crippen molar-refractivity contribution in [1.29, 1.82) is 0 Å². The molecule has 3 unspecified atom stereocenters. The van der Waals surface area contributed by atoms with Crippen LogP contribution in [0.4, 0.5) is 0 Å². The topological polar surface area (TPSA) is 149 Å². The average Bonchev–Trinajstić information content (AvgIpc) is 3.04. The lowest BCUT2D eigenvalue weighted by Crippen LogP contribution is -2.34. The molecule has 0 spiro atoms. The number of aliphatic hydroxyl groups is 2. The van der Waals surface area contributed by atoms with Crippen molar-refractivity contribution in [2.24, 2.45) is 5.92 Å². The number of imide groups is 1. The quantitative estimate of drug-likeness (QED) is 0.246. The first-order valence-electron chi connectivity index (χ1n) is 10.9. The van der Waals surface area contributed by atoms with E-state index in [2.05, 4.69) is 0 Å². The van der Waals surface area contributed by atoms with Crippen LogP contribution >= 0.6 is 0 Å². The number of esters is 1. The Hall–Kier alpha value is -2.08. The van der Waals surface area contributed by atoms with Gasteiger partial charge in [-0.05, 0) is 33.6 Å². The van der Waals surface area contributed by atoms with Crippen LogP contribution in [0.25, 0.3) is 0 Å². The highest BCUT2D eigenvalue weighted by Crippen LogP contribution is 2.16. The fourth-order valence-corrected chi connectivity index (χ4v) is 2.80. The van der Waals surface area contributed by atoms with E-state index in [4.69, 9.17) is 29.3 Å². The maximum absolute atomic E-state index is 12.2. The molecule has 2 amide bonds. The van der Waals surface area contributed by atoms with E-state index in [1.54, 1.807) is 6.92 Å². The number of nitrogens with zero attached hydrogens (tertiary/aromatic N) is 1. The molecule has 2 N–H and O–H groups in total. The van der Waals surface area contributed by atoms with Crippen LogP contribution in [0.2, 0.25) is 0 Å². The van der Waals surface area contributed by atoms with Gasteiger partial charge in [0, 0.05) is 32.0 Å². The fourth-order valence-electron chi connectivity index (χ4n) is 2.80. The van der Waals surface area contributed by atoms with Crippen molar-refractivity contribution in [2.45, 2.75) is 77.6 Å². The predicted octanol–water partition coefficient (Wildman–Crippen LogP) is 0.497. The maximum Gasteiger partial charge on any atom is 0.333 e. The van der Waals surface area contributed by atoms with Gasteiger partial charge >= 0.3 is 11.9 Å². The minimum absolute atomic E-state index is 0.00880. The second-order valence-corrected chi connectivity index (χ2v) is 7.81. The summed E-state index contributed by atoms with van der Waals surface area (Å²) in [6, 6.07) is 0. The number of carbonyl (C=O) groups is 4. The zero-order valence-electron chi connectivity index (χ0n) is 19.0. The Labute approximate surface area is 187 Å². The Morgan fingerprint density at radius 2 is 1.34 bits per heavy atom. The van der Waals surface area contributed by atoms with Crippen LogP contribution < -0.4 is 0 Å². The molecule has 1 aliphatic heterocycles. The first-order valence-corrected chi connectivity index (χ1v) is 10.9. The highest BCUT2D eigenvalue weighted by molar-refractivity contribution is 6.01. The number of rotatable bonds is 16. The summed E-state index contributed by atoms with van der Waals surface area (Å²) < 4.78 is 16.8. The predicted molar refractivity (Wildman–Crippen MR) is 110 cm³/mol. The number of carbonyl (C=O) groups excluding carboxylic acids is 4. The number of amides is 2. The molecule has 3 atom stereocenters. The second-order valence-electron chi connectivity index (χ2n) is 7.81. The fraction of sp³-hybridized carbons (Fsp3) is 0.810. The lowest BCUT2D eigenvalue weighted by molar-refractivity contribution is -0.197. The van der Waals surface area contributed by atoms with Crippen LogP contribution in [-0.4, -0.2) is 83.8 Å². The Kier molecular flexibility index (Phi) is 13.0. The Bertz CT molecular complexity index is 594. The summed E-state index contributed by atoms with van der Waals surface area (Å²) in [6.45, 7) is 5.76. The molecule has 0 bridgehead atoms. The summed E-state index contributed by atoms with van der Waals surface area (Å²) in [4.78, 5) is 51.7. The van der Waals surface area contributed by atoms with Crippen molar-refractivity contribution in [3.8, 4) is 0 Å². The van der Waals surface area contributed by atoms with Gasteiger partial charge in [-0.1, -0.05) is 0 Å². The van der Waals surface area contributed by atoms with Gasteiger partial charge in [0.1, 0.15) is 6.10 Å². The molecule has 0 aromatic carbocycles. The Morgan fingerprint density at radius 1 is 0.875 bits per heavy atom. The van der Waals surface area contributed by atoms with E-state index in [0.717, 1.165) is 0 Å². The van der Waals surface area contributed by atoms with Crippen molar-refractivity contribution in [3.05, 3.63) is 0 Å². The van der Waals surface area contributed by atoms with E-state index in [1.165, 1.54) is 0 Å². The second kappa shape index (κ2) is 14.9. The zero-order chi connectivity index (χ0) is 24.1. The molecule has 1 rings (SSSR count). The summed E-state index contributed by atoms with van der Waals surface area (Å²) >= 11 is 0. The third-order valence-corrected chi connectivity index (χ3v) is 4.97. The van der Waals surface area contributed by atoms with Gasteiger partial charge in [-0.15, -0.1) is 5.06 Å². The molecule has 1 aliphatic rings. The third-order valence-electron chi connectivity index (χ3n) is 4.97. The molecule has 0 aromatic heterocycles. The highest BCUT2D eigenvalue weighted by atomic mass is 16.7. The zero-order valence-corrected chi connectivity index (χ0v) is 19.0. The minimum Gasteiger partial charge on any atom is -0.462 e. The molecule has 0 aliphatic carbocycles. The molecular formula is C21H35NO10. The van der Waals surface area contributed by atoms with Crippen molar-refractivity contribution >= 4 is 23.8 Å². The summed E-state index contributed by atoms with van der Waals surface area (Å²) in [6.07, 6.45) is -0.688. The van der Waals surface area contributed by atoms with Crippen LogP contribution in [0.1, 0.15) is 59.3 Å². The van der Waals surface area contributed by atoms with Gasteiger partial charge < -0.3 is 29.3 Å². The molecule has 0 saturated carbocycles. The molecule has 32 heavy (non-hydrogen) atoms. The van der Waals surface area contributed by atoms with Gasteiger partial charge in [0.25, 0.3) is 11.8 Å². The van der Waals surface area contributed by atoms with Crippen molar-refractivity contribution in [2.75, 3.05) is 26.4 Å². The average molecular weight is 462 g/mol. The van der Waals surface area contributed by atoms with Crippen molar-refractivity contribution in [1.82, 2.24) is 5.06 Å². The van der Waals surface area contributed by atoms with Gasteiger partial charge in [-0.2, -0.15) is 0 Å². The van der Waals surface area contributed by atoms with Crippen LogP contribution in [0.3, 0.4) is 0 Å². The summed E-state index contributed by atoms with van der Waals surface area (Å²) in [7, 11) is 0. The molecule has 0 radical (unpaired) electrons. The molecule has 0 aromatic rings. The first-order chi connectivity index (χ1) is 15.2. The van der Waals surface area contributed by atoms with Crippen LogP contribution in [-0.2, 0) is 38.2 Å². The maximum atomic E-state index is 12.2. The van der Waals surface area contributed by atoms with E-state index in [-0.39, 0.29) is 70.2 Å². The number of aliphatic hydroxyl groups excluding tert-OH is 2. The normalized spacial score (nSPS) is 17.7. The monoisotopic (exact) mass is 461 g/mol. The Morgan fingerprint density at radius 3 is 1.81 bits per heavy atom.